The Labute approximate surface area is 148 Å². The molecule has 0 aliphatic carbocycles. The topological polar surface area (TPSA) is 36.1 Å². The number of nitrogens with one attached hydrogen (secondary N) is 3. The van der Waals surface area contributed by atoms with E-state index in [9.17, 15) is 0 Å². The first-order chi connectivity index (χ1) is 11.8. The summed E-state index contributed by atoms with van der Waals surface area (Å²) in [6.07, 6.45) is 6.51. The maximum absolute atomic E-state index is 6.19. The second-order valence-corrected chi connectivity index (χ2v) is 6.92. The van der Waals surface area contributed by atoms with Gasteiger partial charge in [-0.1, -0.05) is 23.7 Å². The van der Waals surface area contributed by atoms with Gasteiger partial charge >= 0.3 is 0 Å². The molecule has 124 valence electrons. The van der Waals surface area contributed by atoms with Crippen LogP contribution in [-0.4, -0.2) is 19.1 Å². The van der Waals surface area contributed by atoms with Crippen molar-refractivity contribution in [3.05, 3.63) is 58.7 Å². The first-order valence-corrected chi connectivity index (χ1v) is 8.97. The van der Waals surface area contributed by atoms with Crippen LogP contribution in [0.3, 0.4) is 0 Å². The lowest BCUT2D eigenvalue weighted by Gasteiger charge is -2.28. The molecule has 2 aliphatic heterocycles. The van der Waals surface area contributed by atoms with Crippen molar-refractivity contribution < 1.29 is 0 Å². The van der Waals surface area contributed by atoms with Gasteiger partial charge in [0, 0.05) is 28.9 Å². The van der Waals surface area contributed by atoms with Gasteiger partial charge in [-0.05, 0) is 79.2 Å². The molecule has 2 aromatic carbocycles. The Balaban J connectivity index is 1.73. The van der Waals surface area contributed by atoms with Crippen LogP contribution < -0.4 is 16.0 Å². The molecule has 3 N–H and O–H groups in total. The molecular weight excluding hydrogens is 318 g/mol. The van der Waals surface area contributed by atoms with Crippen molar-refractivity contribution in [2.75, 3.05) is 18.4 Å². The van der Waals surface area contributed by atoms with Crippen LogP contribution in [0.1, 0.15) is 24.0 Å². The molecule has 0 atom stereocenters. The number of benzene rings is 2. The number of hydrogen-bond donors (Lipinski definition) is 3. The van der Waals surface area contributed by atoms with E-state index in [1.54, 1.807) is 0 Å². The van der Waals surface area contributed by atoms with Gasteiger partial charge in [-0.25, -0.2) is 0 Å². The van der Waals surface area contributed by atoms with Crippen LogP contribution in [0, 0.1) is 0 Å². The standard InChI is InChI=1S/C20H22ClN3/c21-17-3-1-2-14(11-17)16-10-15-4-7-23-13-19(15)20(12-16)24-18-5-8-22-9-6-18/h1-4,7,10-12,18,22-24H,5-6,8-9,13H2. The Morgan fingerprint density at radius 1 is 1.04 bits per heavy atom. The summed E-state index contributed by atoms with van der Waals surface area (Å²) in [6, 6.07) is 13.1. The summed E-state index contributed by atoms with van der Waals surface area (Å²) >= 11 is 6.19. The number of fused-ring (bicyclic) bond motifs is 1. The van der Waals surface area contributed by atoms with E-state index in [0.717, 1.165) is 30.2 Å². The second kappa shape index (κ2) is 6.88. The average molecular weight is 340 g/mol. The summed E-state index contributed by atoms with van der Waals surface area (Å²) in [5, 5.41) is 11.3. The average Bonchev–Trinajstić information content (AvgIpc) is 2.62. The third kappa shape index (κ3) is 3.28. The van der Waals surface area contributed by atoms with Gasteiger partial charge in [-0.3, -0.25) is 0 Å². The molecule has 0 bridgehead atoms. The molecule has 0 unspecified atom stereocenters. The van der Waals surface area contributed by atoms with Gasteiger partial charge < -0.3 is 16.0 Å². The van der Waals surface area contributed by atoms with Crippen LogP contribution in [0.4, 0.5) is 5.69 Å². The van der Waals surface area contributed by atoms with Gasteiger partial charge in [0.2, 0.25) is 0 Å². The molecule has 0 spiro atoms. The van der Waals surface area contributed by atoms with Gasteiger partial charge in [0.25, 0.3) is 0 Å². The van der Waals surface area contributed by atoms with E-state index < -0.39 is 0 Å². The first kappa shape index (κ1) is 15.6. The summed E-state index contributed by atoms with van der Waals surface area (Å²) < 4.78 is 0. The zero-order chi connectivity index (χ0) is 16.4. The molecule has 2 aromatic rings. The third-order valence-corrected chi connectivity index (χ3v) is 5.04. The Bertz CT molecular complexity index is 763. The summed E-state index contributed by atoms with van der Waals surface area (Å²) in [5.41, 5.74) is 6.24. The molecule has 3 nitrogen and oxygen atoms in total. The van der Waals surface area contributed by atoms with E-state index in [2.05, 4.69) is 40.2 Å². The van der Waals surface area contributed by atoms with Gasteiger partial charge in [0.1, 0.15) is 0 Å². The number of piperidine rings is 1. The second-order valence-electron chi connectivity index (χ2n) is 6.48. The van der Waals surface area contributed by atoms with Crippen molar-refractivity contribution in [2.24, 2.45) is 0 Å². The lowest BCUT2D eigenvalue weighted by atomic mass is 9.95. The van der Waals surface area contributed by atoms with Crippen LogP contribution in [-0.2, 0) is 6.54 Å². The smallest absolute Gasteiger partial charge is 0.0421 e. The predicted octanol–water partition coefficient (Wildman–Crippen LogP) is 4.24. The van der Waals surface area contributed by atoms with Crippen LogP contribution in [0.25, 0.3) is 17.2 Å². The summed E-state index contributed by atoms with van der Waals surface area (Å²) in [7, 11) is 0. The minimum Gasteiger partial charge on any atom is -0.387 e. The molecule has 4 heteroatoms. The summed E-state index contributed by atoms with van der Waals surface area (Å²) in [5.74, 6) is 0. The van der Waals surface area contributed by atoms with Gasteiger partial charge in [0.05, 0.1) is 0 Å². The molecule has 0 amide bonds. The highest BCUT2D eigenvalue weighted by Crippen LogP contribution is 2.33. The van der Waals surface area contributed by atoms with Crippen molar-refractivity contribution in [1.82, 2.24) is 10.6 Å². The van der Waals surface area contributed by atoms with E-state index in [1.165, 1.54) is 35.2 Å². The normalized spacial score (nSPS) is 17.2. The number of halogens is 1. The maximum Gasteiger partial charge on any atom is 0.0421 e. The van der Waals surface area contributed by atoms with Gasteiger partial charge in [0.15, 0.2) is 0 Å². The van der Waals surface area contributed by atoms with Gasteiger partial charge in [-0.15, -0.1) is 0 Å². The first-order valence-electron chi connectivity index (χ1n) is 8.60. The largest absolute Gasteiger partial charge is 0.387 e. The number of rotatable bonds is 3. The van der Waals surface area contributed by atoms with Crippen molar-refractivity contribution >= 4 is 23.4 Å². The molecule has 1 saturated heterocycles. The highest BCUT2D eigenvalue weighted by atomic mass is 35.5. The Morgan fingerprint density at radius 3 is 2.75 bits per heavy atom. The van der Waals surface area contributed by atoms with Crippen LogP contribution in [0.5, 0.6) is 0 Å². The van der Waals surface area contributed by atoms with E-state index in [0.29, 0.717) is 6.04 Å². The fourth-order valence-electron chi connectivity index (χ4n) is 3.50. The third-order valence-electron chi connectivity index (χ3n) is 4.80. The van der Waals surface area contributed by atoms with Gasteiger partial charge in [-0.2, -0.15) is 0 Å². The molecule has 24 heavy (non-hydrogen) atoms. The molecule has 0 aromatic heterocycles. The van der Waals surface area contributed by atoms with Crippen molar-refractivity contribution in [2.45, 2.75) is 25.4 Å². The lowest BCUT2D eigenvalue weighted by Crippen LogP contribution is -2.35. The zero-order valence-corrected chi connectivity index (χ0v) is 14.4. The zero-order valence-electron chi connectivity index (χ0n) is 13.6. The molecule has 4 rings (SSSR count). The Kier molecular flexibility index (Phi) is 4.46. The van der Waals surface area contributed by atoms with E-state index in [4.69, 9.17) is 11.6 Å². The predicted molar refractivity (Wildman–Crippen MR) is 102 cm³/mol. The van der Waals surface area contributed by atoms with Crippen LogP contribution in [0.15, 0.2) is 42.6 Å². The number of anilines is 1. The highest BCUT2D eigenvalue weighted by molar-refractivity contribution is 6.30. The fourth-order valence-corrected chi connectivity index (χ4v) is 3.69. The minimum absolute atomic E-state index is 0.538. The van der Waals surface area contributed by atoms with E-state index in [1.807, 2.05) is 24.4 Å². The van der Waals surface area contributed by atoms with Crippen molar-refractivity contribution in [1.29, 1.82) is 0 Å². The SMILES string of the molecule is Clc1cccc(-c2cc3c(c(NC4CCNCC4)c2)CNC=C3)c1. The highest BCUT2D eigenvalue weighted by Gasteiger charge is 2.17. The van der Waals surface area contributed by atoms with Crippen molar-refractivity contribution in [3.8, 4) is 11.1 Å². The molecule has 0 saturated carbocycles. The quantitative estimate of drug-likeness (QED) is 0.782. The molecule has 0 radical (unpaired) electrons. The minimum atomic E-state index is 0.538. The maximum atomic E-state index is 6.19. The molecule has 2 heterocycles. The number of hydrogen-bond acceptors (Lipinski definition) is 3. The fraction of sp³-hybridized carbons (Fsp3) is 0.300. The summed E-state index contributed by atoms with van der Waals surface area (Å²) in [4.78, 5) is 0. The van der Waals surface area contributed by atoms with Crippen molar-refractivity contribution in [3.63, 3.8) is 0 Å². The van der Waals surface area contributed by atoms with Crippen LogP contribution in [0.2, 0.25) is 5.02 Å². The molecule has 2 aliphatic rings. The summed E-state index contributed by atoms with van der Waals surface area (Å²) in [6.45, 7) is 3.05. The monoisotopic (exact) mass is 339 g/mol. The lowest BCUT2D eigenvalue weighted by molar-refractivity contribution is 0.479. The molecule has 1 fully saturated rings. The Morgan fingerprint density at radius 2 is 1.92 bits per heavy atom. The molecular formula is C20H22ClN3. The van der Waals surface area contributed by atoms with E-state index in [-0.39, 0.29) is 0 Å². The Hall–Kier alpha value is -1.97. The van der Waals surface area contributed by atoms with E-state index >= 15 is 0 Å². The van der Waals surface area contributed by atoms with Crippen LogP contribution >= 0.6 is 11.6 Å².